The van der Waals surface area contributed by atoms with Gasteiger partial charge in [-0.1, -0.05) is 12.1 Å². The number of hydrogen-bond acceptors (Lipinski definition) is 4. The molecular weight excluding hydrogens is 224 g/mol. The van der Waals surface area contributed by atoms with Crippen molar-refractivity contribution in [3.05, 3.63) is 42.3 Å². The van der Waals surface area contributed by atoms with Crippen molar-refractivity contribution < 1.29 is 19.8 Å². The van der Waals surface area contributed by atoms with Gasteiger partial charge in [-0.05, 0) is 17.7 Å². The van der Waals surface area contributed by atoms with Crippen molar-refractivity contribution in [1.29, 1.82) is 0 Å². The Hall–Kier alpha value is -1.92. The van der Waals surface area contributed by atoms with Gasteiger partial charge in [0.25, 0.3) is 5.91 Å². The van der Waals surface area contributed by atoms with Gasteiger partial charge in [-0.3, -0.25) is 4.79 Å². The molecule has 1 radical (unpaired) electrons. The van der Waals surface area contributed by atoms with Crippen LogP contribution in [0.2, 0.25) is 0 Å². The molecule has 0 aliphatic carbocycles. The smallest absolute Gasteiger partial charge is 0.357 e. The van der Waals surface area contributed by atoms with E-state index in [4.69, 9.17) is 10.8 Å². The summed E-state index contributed by atoms with van der Waals surface area (Å²) in [5, 5.41) is 19.7. The normalized spacial score (nSPS) is 13.8. The van der Waals surface area contributed by atoms with E-state index in [0.29, 0.717) is 6.54 Å². The molecule has 6 nitrogen and oxygen atoms in total. The highest BCUT2D eigenvalue weighted by Gasteiger charge is 2.32. The second kappa shape index (κ2) is 4.94. The van der Waals surface area contributed by atoms with Crippen molar-refractivity contribution in [1.82, 2.24) is 5.32 Å². The molecule has 17 heavy (non-hydrogen) atoms. The van der Waals surface area contributed by atoms with Crippen LogP contribution in [0.15, 0.2) is 24.3 Å². The first-order chi connectivity index (χ1) is 7.86. The molecule has 0 saturated heterocycles. The molecule has 0 aromatic heterocycles. The van der Waals surface area contributed by atoms with E-state index in [2.05, 4.69) is 6.92 Å². The number of rotatable bonds is 4. The first-order valence-electron chi connectivity index (χ1n) is 4.79. The van der Waals surface area contributed by atoms with Gasteiger partial charge in [0.15, 0.2) is 0 Å². The average molecular weight is 237 g/mol. The summed E-state index contributed by atoms with van der Waals surface area (Å²) in [7, 11) is 0. The lowest BCUT2D eigenvalue weighted by Gasteiger charge is -2.19. The number of nitrogens with two attached hydrogens (primary N) is 1. The van der Waals surface area contributed by atoms with Crippen molar-refractivity contribution in [2.45, 2.75) is 12.3 Å². The molecule has 0 fully saturated rings. The Morgan fingerprint density at radius 3 is 2.29 bits per heavy atom. The number of benzene rings is 1. The van der Waals surface area contributed by atoms with Crippen LogP contribution >= 0.6 is 0 Å². The van der Waals surface area contributed by atoms with Crippen LogP contribution in [-0.2, 0) is 11.3 Å². The SMILES string of the molecule is [CH2]C(O)(NC(=O)c1ccc(CN)cc1)C(=O)O. The third-order valence-corrected chi connectivity index (χ3v) is 2.13. The number of carboxylic acid groups (broad SMARTS) is 1. The van der Waals surface area contributed by atoms with E-state index in [-0.39, 0.29) is 5.56 Å². The number of carboxylic acids is 1. The molecule has 0 aliphatic heterocycles. The van der Waals surface area contributed by atoms with Gasteiger partial charge in [0.1, 0.15) is 0 Å². The van der Waals surface area contributed by atoms with Crippen LogP contribution < -0.4 is 11.1 Å². The lowest BCUT2D eigenvalue weighted by molar-refractivity contribution is -0.155. The van der Waals surface area contributed by atoms with Crippen LogP contribution in [0, 0.1) is 6.92 Å². The second-order valence-electron chi connectivity index (χ2n) is 3.52. The van der Waals surface area contributed by atoms with E-state index >= 15 is 0 Å². The minimum atomic E-state index is -2.54. The minimum absolute atomic E-state index is 0.213. The van der Waals surface area contributed by atoms with E-state index in [9.17, 15) is 14.7 Å². The molecule has 6 heteroatoms. The Kier molecular flexibility index (Phi) is 3.82. The monoisotopic (exact) mass is 237 g/mol. The van der Waals surface area contributed by atoms with Crippen molar-refractivity contribution in [3.63, 3.8) is 0 Å². The molecule has 1 unspecified atom stereocenters. The fourth-order valence-electron chi connectivity index (χ4n) is 1.11. The van der Waals surface area contributed by atoms with Crippen LogP contribution in [0.4, 0.5) is 0 Å². The summed E-state index contributed by atoms with van der Waals surface area (Å²) in [6.45, 7) is 3.32. The van der Waals surface area contributed by atoms with E-state index in [1.807, 2.05) is 5.32 Å². The Bertz CT molecular complexity index is 426. The summed E-state index contributed by atoms with van der Waals surface area (Å²) in [5.74, 6) is -2.36. The molecule has 1 aromatic carbocycles. The Labute approximate surface area is 98.1 Å². The van der Waals surface area contributed by atoms with Crippen molar-refractivity contribution in [2.75, 3.05) is 0 Å². The first-order valence-corrected chi connectivity index (χ1v) is 4.79. The molecular formula is C11H13N2O4. The summed E-state index contributed by atoms with van der Waals surface area (Å²) < 4.78 is 0. The molecule has 0 spiro atoms. The highest BCUT2D eigenvalue weighted by Crippen LogP contribution is 2.06. The van der Waals surface area contributed by atoms with Crippen molar-refractivity contribution >= 4 is 11.9 Å². The molecule has 0 aliphatic rings. The van der Waals surface area contributed by atoms with Gasteiger partial charge in [-0.25, -0.2) is 4.79 Å². The highest BCUT2D eigenvalue weighted by molar-refractivity contribution is 5.97. The number of carbonyl (C=O) groups is 2. The summed E-state index contributed by atoms with van der Waals surface area (Å²) in [4.78, 5) is 22.1. The lowest BCUT2D eigenvalue weighted by atomic mass is 10.1. The second-order valence-corrected chi connectivity index (χ2v) is 3.52. The predicted octanol–water partition coefficient (Wildman–Crippen LogP) is -0.518. The topological polar surface area (TPSA) is 113 Å². The minimum Gasteiger partial charge on any atom is -0.478 e. The molecule has 91 valence electrons. The van der Waals surface area contributed by atoms with Crippen LogP contribution in [0.1, 0.15) is 15.9 Å². The maximum Gasteiger partial charge on any atom is 0.357 e. The largest absolute Gasteiger partial charge is 0.478 e. The lowest BCUT2D eigenvalue weighted by Crippen LogP contribution is -2.52. The quantitative estimate of drug-likeness (QED) is 0.526. The zero-order valence-corrected chi connectivity index (χ0v) is 9.01. The van der Waals surface area contributed by atoms with E-state index in [0.717, 1.165) is 5.56 Å². The van der Waals surface area contributed by atoms with Gasteiger partial charge in [0, 0.05) is 19.0 Å². The van der Waals surface area contributed by atoms with Gasteiger partial charge < -0.3 is 21.3 Å². The Morgan fingerprint density at radius 1 is 1.35 bits per heavy atom. The number of hydrogen-bond donors (Lipinski definition) is 4. The van der Waals surface area contributed by atoms with E-state index < -0.39 is 17.6 Å². The zero-order chi connectivity index (χ0) is 13.1. The number of carbonyl (C=O) groups excluding carboxylic acids is 1. The van der Waals surface area contributed by atoms with E-state index in [1.54, 1.807) is 12.1 Å². The van der Waals surface area contributed by atoms with Gasteiger partial charge in [0.05, 0.1) is 0 Å². The maximum absolute atomic E-state index is 11.6. The Morgan fingerprint density at radius 2 is 1.88 bits per heavy atom. The van der Waals surface area contributed by atoms with Crippen LogP contribution in [0.25, 0.3) is 0 Å². The van der Waals surface area contributed by atoms with Gasteiger partial charge in [0.2, 0.25) is 5.72 Å². The molecule has 0 bridgehead atoms. The van der Waals surface area contributed by atoms with Gasteiger partial charge >= 0.3 is 5.97 Å². The fraction of sp³-hybridized carbons (Fsp3) is 0.182. The summed E-state index contributed by atoms with van der Waals surface area (Å²) >= 11 is 0. The maximum atomic E-state index is 11.6. The van der Waals surface area contributed by atoms with Crippen molar-refractivity contribution in [3.8, 4) is 0 Å². The van der Waals surface area contributed by atoms with E-state index in [1.165, 1.54) is 12.1 Å². The third kappa shape index (κ3) is 3.27. The highest BCUT2D eigenvalue weighted by atomic mass is 16.4. The molecule has 1 rings (SSSR count). The Balaban J connectivity index is 2.80. The molecule has 1 amide bonds. The summed E-state index contributed by atoms with van der Waals surface area (Å²) in [6, 6.07) is 6.24. The van der Waals surface area contributed by atoms with Crippen LogP contribution in [0.3, 0.4) is 0 Å². The number of amides is 1. The average Bonchev–Trinajstić information content (AvgIpc) is 2.28. The van der Waals surface area contributed by atoms with Gasteiger partial charge in [-0.2, -0.15) is 0 Å². The van der Waals surface area contributed by atoms with Gasteiger partial charge in [-0.15, -0.1) is 0 Å². The standard InChI is InChI=1S/C11H13N2O4/c1-11(17,10(15)16)13-9(14)8-4-2-7(6-12)3-5-8/h2-5,17H,1,6,12H2,(H,13,14)(H,15,16). The summed E-state index contributed by atoms with van der Waals surface area (Å²) in [5.41, 5.74) is 3.90. The number of aliphatic hydroxyl groups is 1. The molecule has 0 saturated carbocycles. The third-order valence-electron chi connectivity index (χ3n) is 2.13. The molecule has 1 aromatic rings. The number of aliphatic carboxylic acids is 1. The zero-order valence-electron chi connectivity index (χ0n) is 9.01. The van der Waals surface area contributed by atoms with Crippen LogP contribution in [-0.4, -0.2) is 27.8 Å². The number of nitrogens with one attached hydrogen (secondary N) is 1. The predicted molar refractivity (Wildman–Crippen MR) is 59.7 cm³/mol. The van der Waals surface area contributed by atoms with Crippen LogP contribution in [0.5, 0.6) is 0 Å². The molecule has 5 N–H and O–H groups in total. The molecule has 1 atom stereocenters. The molecule has 0 heterocycles. The fourth-order valence-corrected chi connectivity index (χ4v) is 1.11. The van der Waals surface area contributed by atoms with Crippen molar-refractivity contribution in [2.24, 2.45) is 5.73 Å². The summed E-state index contributed by atoms with van der Waals surface area (Å²) in [6.07, 6.45) is 0. The first kappa shape index (κ1) is 13.1.